The van der Waals surface area contributed by atoms with Gasteiger partial charge in [0.15, 0.2) is 11.3 Å². The van der Waals surface area contributed by atoms with Crippen LogP contribution in [0.4, 0.5) is 0 Å². The number of fused-ring (bicyclic) bond motifs is 4. The van der Waals surface area contributed by atoms with Gasteiger partial charge in [-0.2, -0.15) is 10.2 Å². The number of amides is 4. The van der Waals surface area contributed by atoms with Gasteiger partial charge in [0.25, 0.3) is 22.9 Å². The molecule has 0 unspecified atom stereocenters. The molecular weight excluding hydrogens is 1070 g/mol. The Bertz CT molecular complexity index is 4440. The molecule has 0 bridgehead atoms. The number of nitrogens with zero attached hydrogens (tertiary/aromatic N) is 8. The largest absolute Gasteiger partial charge is 0.344 e. The Morgan fingerprint density at radius 2 is 1.11 bits per heavy atom. The van der Waals surface area contributed by atoms with Crippen molar-refractivity contribution < 1.29 is 19.2 Å². The van der Waals surface area contributed by atoms with Gasteiger partial charge in [0.05, 0.1) is 48.9 Å². The van der Waals surface area contributed by atoms with E-state index >= 15 is 0 Å². The van der Waals surface area contributed by atoms with Crippen LogP contribution in [0.5, 0.6) is 0 Å². The number of aromatic nitrogens is 8. The summed E-state index contributed by atoms with van der Waals surface area (Å²) >= 11 is 0. The van der Waals surface area contributed by atoms with Gasteiger partial charge in [0.1, 0.15) is 17.2 Å². The number of nitrogens with one attached hydrogen (secondary N) is 4. The molecule has 0 spiro atoms. The Morgan fingerprint density at radius 3 is 1.55 bits per heavy atom. The number of para-hydroxylation sites is 2. The summed E-state index contributed by atoms with van der Waals surface area (Å²) < 4.78 is 6.42. The first-order valence-electron chi connectivity index (χ1n) is 27.2. The van der Waals surface area contributed by atoms with Crippen molar-refractivity contribution in [2.24, 2.45) is 0 Å². The van der Waals surface area contributed by atoms with Crippen LogP contribution in [0, 0.1) is 37.5 Å². The molecule has 0 radical (unpaired) electrons. The second kappa shape index (κ2) is 24.9. The Hall–Kier alpha value is -10.2. The second-order valence-electron chi connectivity index (χ2n) is 21.4. The maximum atomic E-state index is 14.2. The van der Waals surface area contributed by atoms with Crippen molar-refractivity contribution in [1.29, 1.82) is 0 Å². The van der Waals surface area contributed by atoms with Gasteiger partial charge in [0.2, 0.25) is 11.8 Å². The van der Waals surface area contributed by atoms with Crippen LogP contribution >= 0.6 is 0 Å². The van der Waals surface area contributed by atoms with Crippen LogP contribution in [0.15, 0.2) is 156 Å². The highest BCUT2D eigenvalue weighted by Gasteiger charge is 2.28. The smallest absolute Gasteiger partial charge is 0.264 e. The van der Waals surface area contributed by atoms with Gasteiger partial charge >= 0.3 is 0 Å². The lowest BCUT2D eigenvalue weighted by molar-refractivity contribution is -0.125. The number of rotatable bonds is 11. The third-order valence-corrected chi connectivity index (χ3v) is 15.3. The first-order valence-corrected chi connectivity index (χ1v) is 30.9. The van der Waals surface area contributed by atoms with Crippen molar-refractivity contribution in [3.63, 3.8) is 0 Å². The Balaban J connectivity index is 0.000000201. The van der Waals surface area contributed by atoms with E-state index in [9.17, 15) is 28.8 Å². The minimum atomic E-state index is -1.35. The third kappa shape index (κ3) is 12.3. The monoisotopic (exact) mass is 1140 g/mol. The first kappa shape index (κ1) is 58.4. The van der Waals surface area contributed by atoms with Crippen molar-refractivity contribution in [3.8, 4) is 35.1 Å². The molecule has 6 aromatic heterocycles. The first-order chi connectivity index (χ1) is 39.9. The minimum Gasteiger partial charge on any atom is -0.344 e. The van der Waals surface area contributed by atoms with Crippen molar-refractivity contribution in [1.82, 2.24) is 59.6 Å². The van der Waals surface area contributed by atoms with Gasteiger partial charge in [-0.25, -0.2) is 19.0 Å². The van der Waals surface area contributed by atoms with E-state index < -0.39 is 26.2 Å². The molecule has 1 aliphatic heterocycles. The van der Waals surface area contributed by atoms with Crippen LogP contribution in [0.3, 0.4) is 0 Å². The standard InChI is InChI=1S/C33H29N7O4.C31H31N5O2Si.CH4/c1-20(36-32(43)28-21(2)38-39-18-8-17-34-30(28)39)26-19-23-10-6-9-22(11-7-16-35-31(42)25-14-15-27(41)37-25)29(23)33(44)40(26)24-12-4-3-5-13-24;1-21(33-30(37)27-22(2)34-35-18-11-17-32-29(27)35)26-20-24-13-9-12-23(14-10-19-39(3,4)5)28(24)31(38)36(26)25-15-7-6-8-16-25;/h3-6,8-10,12-13,17-20,25H,14-16H2,1-2H3,(H,35,42)(H,36,43)(H,37,41);6-9,11-13,15-18,20-21H,19H2,1-5H3,(H,33,37);1H4/t20-,25-;21-;/m00./s1. The van der Waals surface area contributed by atoms with E-state index in [1.54, 1.807) is 75.0 Å². The van der Waals surface area contributed by atoms with Crippen LogP contribution in [0.25, 0.3) is 44.2 Å². The summed E-state index contributed by atoms with van der Waals surface area (Å²) in [5.74, 6) is 11.5. The lowest BCUT2D eigenvalue weighted by atomic mass is 10.0. The highest BCUT2D eigenvalue weighted by Crippen LogP contribution is 2.27. The number of carbonyl (C=O) groups is 4. The number of hydrogen-bond donors (Lipinski definition) is 4. The second-order valence-corrected chi connectivity index (χ2v) is 26.9. The SMILES string of the molecule is C.Cc1nn2cccnc2c1C(=O)N[C@@H](C)c1cc2cccc(C#CCNC(=O)[C@@H]3CCC(=O)N3)c2c(=O)n1-c1ccccc1.Cc1nn2cccnc2c1C(=O)N[C@@H](C)c1cc2cccc(C#CC[Si](C)(C)C)c2c(=O)n1-c1ccccc1. The van der Waals surface area contributed by atoms with E-state index in [1.807, 2.05) is 117 Å². The van der Waals surface area contributed by atoms with Gasteiger partial charge in [-0.15, -0.1) is 5.92 Å². The van der Waals surface area contributed by atoms with Crippen molar-refractivity contribution in [2.45, 2.75) is 91.8 Å². The predicted octanol–water partition coefficient (Wildman–Crippen LogP) is 8.74. The number of aryl methyl sites for hydroxylation is 2. The Kier molecular flexibility index (Phi) is 17.3. The molecule has 4 amide bonds. The number of pyridine rings is 2. The van der Waals surface area contributed by atoms with Crippen molar-refractivity contribution in [2.75, 3.05) is 6.54 Å². The van der Waals surface area contributed by atoms with Crippen LogP contribution in [0.2, 0.25) is 25.7 Å². The molecule has 1 aliphatic rings. The van der Waals surface area contributed by atoms with E-state index in [0.717, 1.165) is 22.7 Å². The van der Waals surface area contributed by atoms with E-state index in [4.69, 9.17) is 0 Å². The molecule has 1 fully saturated rings. The molecule has 1 saturated heterocycles. The van der Waals surface area contributed by atoms with Gasteiger partial charge in [-0.3, -0.25) is 37.9 Å². The van der Waals surface area contributed by atoms with Gasteiger partial charge < -0.3 is 21.3 Å². The molecule has 19 heteroatoms. The summed E-state index contributed by atoms with van der Waals surface area (Å²) in [4.78, 5) is 87.7. The molecule has 0 aliphatic carbocycles. The summed E-state index contributed by atoms with van der Waals surface area (Å²) in [6.07, 6.45) is 7.52. The van der Waals surface area contributed by atoms with E-state index in [1.165, 1.54) is 0 Å². The molecule has 10 aromatic rings. The highest BCUT2D eigenvalue weighted by atomic mass is 28.3. The van der Waals surface area contributed by atoms with Gasteiger partial charge in [0, 0.05) is 71.1 Å². The minimum absolute atomic E-state index is 0. The Labute approximate surface area is 486 Å². The van der Waals surface area contributed by atoms with Crippen LogP contribution in [-0.4, -0.2) is 82.6 Å². The van der Waals surface area contributed by atoms with Crippen LogP contribution in [0.1, 0.15) is 101 Å². The normalized spacial score (nSPS) is 13.5. The summed E-state index contributed by atoms with van der Waals surface area (Å²) in [7, 11) is -1.35. The molecule has 4 N–H and O–H groups in total. The molecule has 7 heterocycles. The average Bonchev–Trinajstić information content (AvgIpc) is 2.27. The fourth-order valence-electron chi connectivity index (χ4n) is 10.1. The fourth-order valence-corrected chi connectivity index (χ4v) is 10.7. The maximum absolute atomic E-state index is 14.2. The number of benzene rings is 4. The summed E-state index contributed by atoms with van der Waals surface area (Å²) in [6, 6.07) is 36.5. The summed E-state index contributed by atoms with van der Waals surface area (Å²) in [5.41, 5.74) is 6.22. The average molecular weight is 1140 g/mol. The van der Waals surface area contributed by atoms with Crippen LogP contribution in [-0.2, 0) is 9.59 Å². The van der Waals surface area contributed by atoms with Crippen LogP contribution < -0.4 is 32.4 Å². The topological polar surface area (TPSA) is 221 Å². The predicted molar refractivity (Wildman–Crippen MR) is 329 cm³/mol. The Morgan fingerprint density at radius 1 is 0.643 bits per heavy atom. The van der Waals surface area contributed by atoms with Gasteiger partial charge in [-0.05, 0) is 106 Å². The number of hydrogen-bond acceptors (Lipinski definition) is 10. The third-order valence-electron chi connectivity index (χ3n) is 14.1. The zero-order valence-corrected chi connectivity index (χ0v) is 47.9. The molecule has 0 saturated carbocycles. The molecule has 424 valence electrons. The summed E-state index contributed by atoms with van der Waals surface area (Å²) in [6.45, 7) is 14.1. The molecule has 4 aromatic carbocycles. The van der Waals surface area contributed by atoms with Gasteiger partial charge in [-0.1, -0.05) is 105 Å². The molecular formula is C65H64N12O6Si. The molecule has 18 nitrogen and oxygen atoms in total. The molecule has 11 rings (SSSR count). The zero-order chi connectivity index (χ0) is 58.5. The van der Waals surface area contributed by atoms with E-state index in [2.05, 4.69) is 84.8 Å². The van der Waals surface area contributed by atoms with Crippen molar-refractivity contribution >= 4 is 64.5 Å². The maximum Gasteiger partial charge on any atom is 0.264 e. The quantitative estimate of drug-likeness (QED) is 0.0713. The molecule has 84 heavy (non-hydrogen) atoms. The fraction of sp³-hybridized carbons (Fsp3) is 0.231. The molecule has 3 atom stereocenters. The lowest BCUT2D eigenvalue weighted by Crippen LogP contribution is -2.41. The van der Waals surface area contributed by atoms with Crippen molar-refractivity contribution in [3.05, 3.63) is 212 Å². The lowest BCUT2D eigenvalue weighted by Gasteiger charge is -2.21. The number of carbonyl (C=O) groups excluding carboxylic acids is 4. The zero-order valence-electron chi connectivity index (χ0n) is 46.9. The van der Waals surface area contributed by atoms with E-state index in [-0.39, 0.29) is 48.7 Å². The summed E-state index contributed by atoms with van der Waals surface area (Å²) in [5, 5.41) is 22.7. The highest BCUT2D eigenvalue weighted by molar-refractivity contribution is 6.76. The van der Waals surface area contributed by atoms with E-state index in [0.29, 0.717) is 85.4 Å².